The highest BCUT2D eigenvalue weighted by atomic mass is 35.5. The summed E-state index contributed by atoms with van der Waals surface area (Å²) in [6.07, 6.45) is 0.509. The topological polar surface area (TPSA) is 113 Å². The highest BCUT2D eigenvalue weighted by Crippen LogP contribution is 2.38. The number of aryl methyl sites for hydroxylation is 1. The lowest BCUT2D eigenvalue weighted by Crippen LogP contribution is -2.13. The summed E-state index contributed by atoms with van der Waals surface area (Å²) >= 11 is 0. The number of ether oxygens (including phenoxy) is 2. The van der Waals surface area contributed by atoms with Gasteiger partial charge in [0.2, 0.25) is 24.4 Å². The summed E-state index contributed by atoms with van der Waals surface area (Å²) in [4.78, 5) is 16.7. The van der Waals surface area contributed by atoms with Gasteiger partial charge in [-0.1, -0.05) is 43.3 Å². The van der Waals surface area contributed by atoms with Crippen LogP contribution in [0.25, 0.3) is 11.4 Å². The molecule has 0 fully saturated rings. The van der Waals surface area contributed by atoms with E-state index in [0.29, 0.717) is 46.9 Å². The first-order valence-corrected chi connectivity index (χ1v) is 9.41. The minimum atomic E-state index is -0.211. The van der Waals surface area contributed by atoms with Gasteiger partial charge in [-0.3, -0.25) is 4.79 Å². The number of hydrogen-bond donors (Lipinski definition) is 2. The number of aromatic nitrogens is 2. The molecule has 3 N–H and O–H groups in total. The molecule has 158 valence electrons. The third kappa shape index (κ3) is 4.65. The number of nitrogens with one attached hydrogen (secondary N) is 1. The van der Waals surface area contributed by atoms with Gasteiger partial charge >= 0.3 is 0 Å². The average molecular weight is 431 g/mol. The maximum atomic E-state index is 12.3. The van der Waals surface area contributed by atoms with Gasteiger partial charge in [0.15, 0.2) is 11.5 Å². The van der Waals surface area contributed by atoms with Gasteiger partial charge in [0, 0.05) is 30.5 Å². The molecule has 1 amide bonds. The lowest BCUT2D eigenvalue weighted by Gasteiger charge is -2.08. The van der Waals surface area contributed by atoms with E-state index in [1.165, 1.54) is 5.56 Å². The Morgan fingerprint density at radius 1 is 1.17 bits per heavy atom. The van der Waals surface area contributed by atoms with Crippen LogP contribution in [0.3, 0.4) is 0 Å². The zero-order valence-electron chi connectivity index (χ0n) is 16.7. The van der Waals surface area contributed by atoms with Crippen molar-refractivity contribution in [2.75, 3.05) is 17.8 Å². The van der Waals surface area contributed by atoms with E-state index in [-0.39, 0.29) is 31.5 Å². The predicted molar refractivity (Wildman–Crippen MR) is 115 cm³/mol. The van der Waals surface area contributed by atoms with Gasteiger partial charge in [0.25, 0.3) is 0 Å². The van der Waals surface area contributed by atoms with Gasteiger partial charge in [0.05, 0.1) is 11.4 Å². The van der Waals surface area contributed by atoms with E-state index in [0.717, 1.165) is 5.56 Å². The third-order valence-electron chi connectivity index (χ3n) is 4.69. The van der Waals surface area contributed by atoms with Crippen molar-refractivity contribution in [1.29, 1.82) is 0 Å². The number of nitrogen functional groups attached to an aromatic ring is 1. The number of fused-ring (bicyclic) bond motifs is 1. The van der Waals surface area contributed by atoms with Gasteiger partial charge in [-0.25, -0.2) is 0 Å². The zero-order valence-corrected chi connectivity index (χ0v) is 17.5. The number of hydrogen-bond acceptors (Lipinski definition) is 7. The zero-order chi connectivity index (χ0) is 20.4. The van der Waals surface area contributed by atoms with Crippen molar-refractivity contribution in [3.05, 3.63) is 47.9 Å². The molecular weight excluding hydrogens is 408 g/mol. The van der Waals surface area contributed by atoms with E-state index in [9.17, 15) is 4.79 Å². The first-order chi connectivity index (χ1) is 14.0. The van der Waals surface area contributed by atoms with Crippen LogP contribution in [0.15, 0.2) is 40.9 Å². The molecule has 3 aromatic rings. The average Bonchev–Trinajstić information content (AvgIpc) is 3.36. The molecule has 0 saturated carbocycles. The minimum absolute atomic E-state index is 0. The van der Waals surface area contributed by atoms with Crippen LogP contribution >= 0.6 is 12.4 Å². The number of nitrogens with two attached hydrogens (primary N) is 1. The lowest BCUT2D eigenvalue weighted by atomic mass is 10.0. The molecule has 0 saturated heterocycles. The van der Waals surface area contributed by atoms with Gasteiger partial charge in [-0.05, 0) is 11.5 Å². The molecule has 30 heavy (non-hydrogen) atoms. The van der Waals surface area contributed by atoms with Gasteiger partial charge in [-0.2, -0.15) is 4.98 Å². The number of carbonyl (C=O) groups is 1. The summed E-state index contributed by atoms with van der Waals surface area (Å²) in [6.45, 7) is 4.43. The van der Waals surface area contributed by atoms with E-state index < -0.39 is 0 Å². The molecule has 0 radical (unpaired) electrons. The van der Waals surface area contributed by atoms with Crippen molar-refractivity contribution >= 4 is 29.7 Å². The van der Waals surface area contributed by atoms with Crippen LogP contribution in [0, 0.1) is 0 Å². The molecule has 0 unspecified atom stereocenters. The predicted octanol–water partition coefficient (Wildman–Crippen LogP) is 4.16. The van der Waals surface area contributed by atoms with Crippen molar-refractivity contribution in [3.8, 4) is 22.9 Å². The second kappa shape index (κ2) is 9.04. The molecule has 1 aliphatic rings. The summed E-state index contributed by atoms with van der Waals surface area (Å²) in [5.74, 6) is 2.29. The summed E-state index contributed by atoms with van der Waals surface area (Å²) in [5.41, 5.74) is 8.97. The van der Waals surface area contributed by atoms with Crippen molar-refractivity contribution in [2.24, 2.45) is 0 Å². The Bertz CT molecular complexity index is 1030. The van der Waals surface area contributed by atoms with E-state index >= 15 is 0 Å². The molecule has 1 aromatic heterocycles. The number of amides is 1. The molecule has 0 aliphatic carbocycles. The summed E-state index contributed by atoms with van der Waals surface area (Å²) < 4.78 is 15.8. The summed E-state index contributed by atoms with van der Waals surface area (Å²) in [7, 11) is 0. The Morgan fingerprint density at radius 3 is 2.57 bits per heavy atom. The molecule has 2 heterocycles. The SMILES string of the molecule is CC(C)c1ccc(-c2noc(CCC(=O)Nc3cc4c(cc3N)OCO4)n2)cc1.Cl. The van der Waals surface area contributed by atoms with Crippen molar-refractivity contribution in [2.45, 2.75) is 32.6 Å². The van der Waals surface area contributed by atoms with Gasteiger partial charge < -0.3 is 25.0 Å². The van der Waals surface area contributed by atoms with Crippen LogP contribution in [-0.4, -0.2) is 22.8 Å². The molecule has 0 atom stereocenters. The van der Waals surface area contributed by atoms with E-state index in [1.54, 1.807) is 12.1 Å². The third-order valence-corrected chi connectivity index (χ3v) is 4.69. The Labute approximate surface area is 180 Å². The normalized spacial score (nSPS) is 12.0. The van der Waals surface area contributed by atoms with Crippen LogP contribution in [0.4, 0.5) is 11.4 Å². The Hall–Kier alpha value is -3.26. The van der Waals surface area contributed by atoms with Crippen LogP contribution in [0.1, 0.15) is 37.6 Å². The number of nitrogens with zero attached hydrogens (tertiary/aromatic N) is 2. The van der Waals surface area contributed by atoms with E-state index in [1.807, 2.05) is 12.1 Å². The molecule has 0 bridgehead atoms. The highest BCUT2D eigenvalue weighted by molar-refractivity contribution is 5.94. The maximum Gasteiger partial charge on any atom is 0.231 e. The van der Waals surface area contributed by atoms with Crippen molar-refractivity contribution < 1.29 is 18.8 Å². The van der Waals surface area contributed by atoms with Crippen LogP contribution in [-0.2, 0) is 11.2 Å². The van der Waals surface area contributed by atoms with Crippen molar-refractivity contribution in [3.63, 3.8) is 0 Å². The number of benzene rings is 2. The fourth-order valence-electron chi connectivity index (χ4n) is 2.99. The second-order valence-electron chi connectivity index (χ2n) is 7.13. The van der Waals surface area contributed by atoms with Crippen LogP contribution in [0.2, 0.25) is 0 Å². The second-order valence-corrected chi connectivity index (χ2v) is 7.13. The van der Waals surface area contributed by atoms with Crippen molar-refractivity contribution in [1.82, 2.24) is 10.1 Å². The number of anilines is 2. The Kier molecular flexibility index (Phi) is 6.47. The number of halogens is 1. The molecule has 9 heteroatoms. The summed E-state index contributed by atoms with van der Waals surface area (Å²) in [5, 5.41) is 6.78. The van der Waals surface area contributed by atoms with Gasteiger partial charge in [-0.15, -0.1) is 12.4 Å². The van der Waals surface area contributed by atoms with E-state index in [2.05, 4.69) is 41.4 Å². The molecule has 1 aliphatic heterocycles. The molecule has 0 spiro atoms. The van der Waals surface area contributed by atoms with Crippen LogP contribution in [0.5, 0.6) is 11.5 Å². The molecule has 8 nitrogen and oxygen atoms in total. The molecule has 2 aromatic carbocycles. The quantitative estimate of drug-likeness (QED) is 0.564. The highest BCUT2D eigenvalue weighted by Gasteiger charge is 2.18. The Balaban J connectivity index is 0.00000256. The molecular formula is C21H23ClN4O4. The fourth-order valence-corrected chi connectivity index (χ4v) is 2.99. The fraction of sp³-hybridized carbons (Fsp3) is 0.286. The first-order valence-electron chi connectivity index (χ1n) is 9.41. The Morgan fingerprint density at radius 2 is 1.87 bits per heavy atom. The lowest BCUT2D eigenvalue weighted by molar-refractivity contribution is -0.116. The smallest absolute Gasteiger partial charge is 0.231 e. The van der Waals surface area contributed by atoms with Gasteiger partial charge in [0.1, 0.15) is 0 Å². The first kappa shape index (κ1) is 21.4. The largest absolute Gasteiger partial charge is 0.454 e. The van der Waals surface area contributed by atoms with E-state index in [4.69, 9.17) is 19.7 Å². The molecule has 4 rings (SSSR count). The number of carbonyl (C=O) groups excluding carboxylic acids is 1. The monoisotopic (exact) mass is 430 g/mol. The number of rotatable bonds is 6. The maximum absolute atomic E-state index is 12.3. The van der Waals surface area contributed by atoms with Crippen LogP contribution < -0.4 is 20.5 Å². The summed E-state index contributed by atoms with van der Waals surface area (Å²) in [6, 6.07) is 11.3. The standard InChI is InChI=1S/C21H22N4O4.ClH/c1-12(2)13-3-5-14(6-4-13)21-24-20(29-25-21)8-7-19(26)23-16-10-18-17(9-15(16)22)27-11-28-18;/h3-6,9-10,12H,7-8,11,22H2,1-2H3,(H,23,26);1H. The minimum Gasteiger partial charge on any atom is -0.454 e.